The molecule has 2 aliphatic heterocycles. The van der Waals surface area contributed by atoms with Gasteiger partial charge in [0.2, 0.25) is 11.8 Å². The van der Waals surface area contributed by atoms with Crippen LogP contribution in [0.5, 0.6) is 0 Å². The summed E-state index contributed by atoms with van der Waals surface area (Å²) in [5.41, 5.74) is -0.507. The van der Waals surface area contributed by atoms with Crippen LogP contribution < -0.4 is 10.6 Å². The zero-order valence-corrected chi connectivity index (χ0v) is 18.8. The van der Waals surface area contributed by atoms with Crippen molar-refractivity contribution < 1.29 is 9.59 Å². The third kappa shape index (κ3) is 7.17. The molecule has 2 heterocycles. The Hall–Kier alpha value is -1.83. The fraction of sp³-hybridized carbons (Fsp3) is 0.857. The topological polar surface area (TPSA) is 80.3 Å². The molecule has 2 N–H and O–H groups in total. The highest BCUT2D eigenvalue weighted by Gasteiger charge is 2.29. The van der Waals surface area contributed by atoms with Gasteiger partial charge >= 0.3 is 0 Å². The zero-order valence-electron chi connectivity index (χ0n) is 18.8. The van der Waals surface area contributed by atoms with Crippen molar-refractivity contribution in [1.82, 2.24) is 25.3 Å². The van der Waals surface area contributed by atoms with Gasteiger partial charge in [0.15, 0.2) is 5.96 Å². The van der Waals surface area contributed by atoms with Gasteiger partial charge < -0.3 is 20.4 Å². The number of likely N-dealkylation sites (tertiary alicyclic amines) is 1. The van der Waals surface area contributed by atoms with E-state index >= 15 is 0 Å². The maximum Gasteiger partial charge on any atom is 0.236 e. The molecular weight excluding hydrogens is 368 g/mol. The first kappa shape index (κ1) is 23.4. The van der Waals surface area contributed by atoms with Gasteiger partial charge in [0.25, 0.3) is 0 Å². The van der Waals surface area contributed by atoms with Crippen molar-refractivity contribution in [3.05, 3.63) is 0 Å². The van der Waals surface area contributed by atoms with E-state index in [4.69, 9.17) is 0 Å². The molecule has 2 saturated heterocycles. The number of piperazine rings is 1. The minimum absolute atomic E-state index is 0.0415. The smallest absolute Gasteiger partial charge is 0.236 e. The lowest BCUT2D eigenvalue weighted by Gasteiger charge is -2.37. The normalized spacial score (nSPS) is 19.7. The quantitative estimate of drug-likeness (QED) is 0.501. The molecule has 0 bridgehead atoms. The Kier molecular flexibility index (Phi) is 9.20. The predicted molar refractivity (Wildman–Crippen MR) is 117 cm³/mol. The standard InChI is InChI=1S/C21H40N6O2/c1-5-23-19(29)21(2,3)17-24-20(22-4)27-14-12-25(13-15-27)16-18(28)26-10-8-6-7-9-11-26/h5-17H2,1-4H3,(H,22,24)(H,23,29). The van der Waals surface area contributed by atoms with Crippen LogP contribution in [-0.4, -0.2) is 98.4 Å². The number of amides is 2. The number of carbonyl (C=O) groups excluding carboxylic acids is 2. The van der Waals surface area contributed by atoms with E-state index in [0.29, 0.717) is 19.6 Å². The number of carbonyl (C=O) groups is 2. The van der Waals surface area contributed by atoms with Crippen molar-refractivity contribution in [1.29, 1.82) is 0 Å². The molecule has 0 aromatic rings. The molecule has 0 spiro atoms. The van der Waals surface area contributed by atoms with Crippen LogP contribution in [0.15, 0.2) is 4.99 Å². The highest BCUT2D eigenvalue weighted by molar-refractivity contribution is 5.84. The van der Waals surface area contributed by atoms with Crippen molar-refractivity contribution in [2.24, 2.45) is 10.4 Å². The molecule has 2 aliphatic rings. The third-order valence-electron chi connectivity index (χ3n) is 5.84. The molecule has 2 amide bonds. The van der Waals surface area contributed by atoms with E-state index < -0.39 is 5.41 Å². The second-order valence-electron chi connectivity index (χ2n) is 8.70. The van der Waals surface area contributed by atoms with Crippen LogP contribution in [0, 0.1) is 5.41 Å². The van der Waals surface area contributed by atoms with Gasteiger partial charge in [-0.25, -0.2) is 0 Å². The summed E-state index contributed by atoms with van der Waals surface area (Å²) in [6.07, 6.45) is 4.75. The molecule has 0 unspecified atom stereocenters. The van der Waals surface area contributed by atoms with Gasteiger partial charge in [-0.15, -0.1) is 0 Å². The molecule has 0 atom stereocenters. The average Bonchev–Trinajstić information content (AvgIpc) is 2.99. The maximum atomic E-state index is 12.6. The lowest BCUT2D eigenvalue weighted by Crippen LogP contribution is -2.55. The maximum absolute atomic E-state index is 12.6. The molecule has 8 heteroatoms. The van der Waals surface area contributed by atoms with Crippen LogP contribution in [0.3, 0.4) is 0 Å². The van der Waals surface area contributed by atoms with Crippen molar-refractivity contribution in [2.75, 3.05) is 66.0 Å². The monoisotopic (exact) mass is 408 g/mol. The Bertz CT molecular complexity index is 562. The SMILES string of the molecule is CCNC(=O)C(C)(C)CNC(=NC)N1CCN(CC(=O)N2CCCCCC2)CC1. The summed E-state index contributed by atoms with van der Waals surface area (Å²) >= 11 is 0. The molecule has 8 nitrogen and oxygen atoms in total. The Labute approximate surface area is 176 Å². The molecule has 0 radical (unpaired) electrons. The van der Waals surface area contributed by atoms with Crippen molar-refractivity contribution in [2.45, 2.75) is 46.5 Å². The van der Waals surface area contributed by atoms with Crippen LogP contribution in [0.25, 0.3) is 0 Å². The fourth-order valence-electron chi connectivity index (χ4n) is 3.84. The molecule has 0 aromatic heterocycles. The molecule has 2 rings (SSSR count). The van der Waals surface area contributed by atoms with Gasteiger partial charge in [-0.1, -0.05) is 12.8 Å². The first-order valence-corrected chi connectivity index (χ1v) is 11.1. The van der Waals surface area contributed by atoms with Gasteiger partial charge in [0.05, 0.1) is 12.0 Å². The summed E-state index contributed by atoms with van der Waals surface area (Å²) in [4.78, 5) is 35.7. The molecule has 2 fully saturated rings. The summed E-state index contributed by atoms with van der Waals surface area (Å²) in [7, 11) is 1.77. The third-order valence-corrected chi connectivity index (χ3v) is 5.84. The van der Waals surface area contributed by atoms with E-state index in [1.807, 2.05) is 25.7 Å². The molecule has 0 saturated carbocycles. The van der Waals surface area contributed by atoms with Gasteiger partial charge in [-0.05, 0) is 33.6 Å². The lowest BCUT2D eigenvalue weighted by molar-refractivity contribution is -0.132. The minimum atomic E-state index is -0.507. The summed E-state index contributed by atoms with van der Waals surface area (Å²) in [5.74, 6) is 1.13. The number of hydrogen-bond donors (Lipinski definition) is 2. The summed E-state index contributed by atoms with van der Waals surface area (Å²) in [6, 6.07) is 0. The summed E-state index contributed by atoms with van der Waals surface area (Å²) in [6.45, 7) is 12.7. The highest BCUT2D eigenvalue weighted by Crippen LogP contribution is 2.14. The van der Waals surface area contributed by atoms with Gasteiger partial charge in [0.1, 0.15) is 0 Å². The first-order chi connectivity index (χ1) is 13.9. The second-order valence-corrected chi connectivity index (χ2v) is 8.70. The number of aliphatic imine (C=N–C) groups is 1. The van der Waals surface area contributed by atoms with Crippen LogP contribution in [0.1, 0.15) is 46.5 Å². The fourth-order valence-corrected chi connectivity index (χ4v) is 3.84. The van der Waals surface area contributed by atoms with E-state index in [-0.39, 0.29) is 11.8 Å². The van der Waals surface area contributed by atoms with Gasteiger partial charge in [-0.3, -0.25) is 19.5 Å². The summed E-state index contributed by atoms with van der Waals surface area (Å²) < 4.78 is 0. The molecule has 166 valence electrons. The molecule has 29 heavy (non-hydrogen) atoms. The van der Waals surface area contributed by atoms with E-state index in [1.54, 1.807) is 7.05 Å². The largest absolute Gasteiger partial charge is 0.356 e. The van der Waals surface area contributed by atoms with Crippen LogP contribution in [0.4, 0.5) is 0 Å². The van der Waals surface area contributed by atoms with Gasteiger partial charge in [0, 0.05) is 59.4 Å². The zero-order chi connectivity index (χ0) is 21.3. The van der Waals surface area contributed by atoms with Crippen LogP contribution in [0.2, 0.25) is 0 Å². The van der Waals surface area contributed by atoms with E-state index in [9.17, 15) is 9.59 Å². The van der Waals surface area contributed by atoms with Crippen LogP contribution in [-0.2, 0) is 9.59 Å². The summed E-state index contributed by atoms with van der Waals surface area (Å²) in [5, 5.41) is 6.24. The first-order valence-electron chi connectivity index (χ1n) is 11.1. The number of guanidine groups is 1. The lowest BCUT2D eigenvalue weighted by atomic mass is 9.92. The predicted octanol–water partition coefficient (Wildman–Crippen LogP) is 0.744. The van der Waals surface area contributed by atoms with E-state index in [2.05, 4.69) is 25.4 Å². The molecule has 0 aliphatic carbocycles. The number of nitrogens with zero attached hydrogens (tertiary/aromatic N) is 4. The van der Waals surface area contributed by atoms with Gasteiger partial charge in [-0.2, -0.15) is 0 Å². The second kappa shape index (κ2) is 11.4. The Morgan fingerprint density at radius 3 is 2.07 bits per heavy atom. The van der Waals surface area contributed by atoms with E-state index in [1.165, 1.54) is 12.8 Å². The average molecular weight is 409 g/mol. The Morgan fingerprint density at radius 2 is 1.52 bits per heavy atom. The highest BCUT2D eigenvalue weighted by atomic mass is 16.2. The Balaban J connectivity index is 1.77. The number of rotatable bonds is 6. The number of hydrogen-bond acceptors (Lipinski definition) is 4. The van der Waals surface area contributed by atoms with Crippen molar-refractivity contribution in [3.8, 4) is 0 Å². The van der Waals surface area contributed by atoms with Crippen molar-refractivity contribution in [3.63, 3.8) is 0 Å². The van der Waals surface area contributed by atoms with E-state index in [0.717, 1.165) is 58.1 Å². The Morgan fingerprint density at radius 1 is 0.897 bits per heavy atom. The minimum Gasteiger partial charge on any atom is -0.356 e. The van der Waals surface area contributed by atoms with Crippen molar-refractivity contribution >= 4 is 17.8 Å². The number of nitrogens with one attached hydrogen (secondary N) is 2. The molecule has 0 aromatic carbocycles. The van der Waals surface area contributed by atoms with Crippen LogP contribution >= 0.6 is 0 Å². The molecular formula is C21H40N6O2.